The lowest BCUT2D eigenvalue weighted by Gasteiger charge is -2.31. The predicted molar refractivity (Wildman–Crippen MR) is 70.7 cm³/mol. The van der Waals surface area contributed by atoms with E-state index in [1.807, 2.05) is 6.07 Å². The van der Waals surface area contributed by atoms with Crippen molar-refractivity contribution >= 4 is 0 Å². The Kier molecular flexibility index (Phi) is 4.19. The van der Waals surface area contributed by atoms with E-state index in [0.717, 1.165) is 38.5 Å². The van der Waals surface area contributed by atoms with Crippen molar-refractivity contribution < 1.29 is 5.11 Å². The van der Waals surface area contributed by atoms with Crippen LogP contribution in [0.1, 0.15) is 37.7 Å². The van der Waals surface area contributed by atoms with Crippen molar-refractivity contribution in [3.63, 3.8) is 0 Å². The van der Waals surface area contributed by atoms with Crippen LogP contribution in [0.2, 0.25) is 0 Å². The molecule has 1 aromatic rings. The topological polar surface area (TPSA) is 46.2 Å². The van der Waals surface area contributed by atoms with Crippen LogP contribution in [0.5, 0.6) is 0 Å². The number of aliphatic hydroxyl groups is 1. The third-order valence-electron chi connectivity index (χ3n) is 4.25. The molecule has 1 aromatic carbocycles. The molecule has 2 atom stereocenters. The molecule has 0 aliphatic heterocycles. The molecule has 2 heteroatoms. The van der Waals surface area contributed by atoms with Gasteiger partial charge in [0.2, 0.25) is 0 Å². The van der Waals surface area contributed by atoms with E-state index in [2.05, 4.69) is 24.3 Å². The first-order chi connectivity index (χ1) is 8.27. The molecule has 0 spiro atoms. The first kappa shape index (κ1) is 12.6. The van der Waals surface area contributed by atoms with Crippen LogP contribution < -0.4 is 5.73 Å². The third kappa shape index (κ3) is 2.88. The molecule has 0 aromatic heterocycles. The summed E-state index contributed by atoms with van der Waals surface area (Å²) in [7, 11) is 0. The van der Waals surface area contributed by atoms with Crippen LogP contribution in [-0.4, -0.2) is 17.8 Å². The first-order valence-corrected chi connectivity index (χ1v) is 6.69. The molecular formula is C15H23NO. The van der Waals surface area contributed by atoms with Crippen LogP contribution in [0.15, 0.2) is 30.3 Å². The van der Waals surface area contributed by atoms with E-state index in [1.54, 1.807) is 0 Å². The molecule has 1 aliphatic rings. The minimum Gasteiger partial charge on any atom is -0.393 e. The Hall–Kier alpha value is -0.860. The summed E-state index contributed by atoms with van der Waals surface area (Å²) in [5.41, 5.74) is 7.27. The Morgan fingerprint density at radius 3 is 2.65 bits per heavy atom. The fourth-order valence-electron chi connectivity index (χ4n) is 3.04. The molecule has 94 valence electrons. The van der Waals surface area contributed by atoms with E-state index in [9.17, 15) is 5.11 Å². The molecule has 0 amide bonds. The maximum Gasteiger partial charge on any atom is 0.0608 e. The molecule has 0 radical (unpaired) electrons. The third-order valence-corrected chi connectivity index (χ3v) is 4.25. The highest BCUT2D eigenvalue weighted by atomic mass is 16.3. The number of benzene rings is 1. The summed E-state index contributed by atoms with van der Waals surface area (Å²) in [5, 5.41) is 10.1. The van der Waals surface area contributed by atoms with Gasteiger partial charge >= 0.3 is 0 Å². The number of hydrogen-bond donors (Lipinski definition) is 2. The minimum absolute atomic E-state index is 0.00871. The van der Waals surface area contributed by atoms with Gasteiger partial charge in [0.05, 0.1) is 6.10 Å². The Labute approximate surface area is 104 Å². The van der Waals surface area contributed by atoms with E-state index in [1.165, 1.54) is 5.56 Å². The molecule has 0 bridgehead atoms. The largest absolute Gasteiger partial charge is 0.393 e. The lowest BCUT2D eigenvalue weighted by atomic mass is 9.79. The van der Waals surface area contributed by atoms with Gasteiger partial charge in [-0.15, -0.1) is 0 Å². The molecule has 17 heavy (non-hydrogen) atoms. The second-order valence-corrected chi connectivity index (χ2v) is 5.31. The zero-order valence-corrected chi connectivity index (χ0v) is 10.4. The van der Waals surface area contributed by atoms with Gasteiger partial charge in [-0.1, -0.05) is 36.8 Å². The van der Waals surface area contributed by atoms with Gasteiger partial charge in [-0.2, -0.15) is 0 Å². The van der Waals surface area contributed by atoms with Gasteiger partial charge in [-0.25, -0.2) is 0 Å². The van der Waals surface area contributed by atoms with Crippen molar-refractivity contribution in [3.05, 3.63) is 35.9 Å². The average Bonchev–Trinajstić information content (AvgIpc) is 2.73. The van der Waals surface area contributed by atoms with Gasteiger partial charge in [-0.3, -0.25) is 0 Å². The number of rotatable bonds is 5. The van der Waals surface area contributed by atoms with Crippen molar-refractivity contribution in [2.75, 3.05) is 6.54 Å². The highest BCUT2D eigenvalue weighted by Gasteiger charge is 2.39. The minimum atomic E-state index is -0.178. The van der Waals surface area contributed by atoms with Gasteiger partial charge in [-0.05, 0) is 37.7 Å². The SMILES string of the molecule is NCC1(CCCc2ccccc2)CCCC1O. The fourth-order valence-corrected chi connectivity index (χ4v) is 3.04. The van der Waals surface area contributed by atoms with Gasteiger partial charge in [0.15, 0.2) is 0 Å². The van der Waals surface area contributed by atoms with Crippen LogP contribution in [-0.2, 0) is 6.42 Å². The molecular weight excluding hydrogens is 210 g/mol. The maximum absolute atomic E-state index is 10.1. The van der Waals surface area contributed by atoms with Crippen molar-refractivity contribution in [3.8, 4) is 0 Å². The smallest absolute Gasteiger partial charge is 0.0608 e. The highest BCUT2D eigenvalue weighted by molar-refractivity contribution is 5.14. The van der Waals surface area contributed by atoms with Gasteiger partial charge in [0.1, 0.15) is 0 Å². The van der Waals surface area contributed by atoms with Crippen LogP contribution in [0.3, 0.4) is 0 Å². The Bertz CT molecular complexity index is 338. The molecule has 0 heterocycles. The van der Waals surface area contributed by atoms with Gasteiger partial charge in [0.25, 0.3) is 0 Å². The maximum atomic E-state index is 10.1. The second-order valence-electron chi connectivity index (χ2n) is 5.31. The monoisotopic (exact) mass is 233 g/mol. The highest BCUT2D eigenvalue weighted by Crippen LogP contribution is 2.41. The summed E-state index contributed by atoms with van der Waals surface area (Å²) >= 11 is 0. The Morgan fingerprint density at radius 2 is 2.06 bits per heavy atom. The van der Waals surface area contributed by atoms with Crippen molar-refractivity contribution in [1.82, 2.24) is 0 Å². The van der Waals surface area contributed by atoms with E-state index in [4.69, 9.17) is 5.73 Å². The van der Waals surface area contributed by atoms with E-state index < -0.39 is 0 Å². The lowest BCUT2D eigenvalue weighted by molar-refractivity contribution is 0.0506. The van der Waals surface area contributed by atoms with E-state index in [-0.39, 0.29) is 11.5 Å². The number of nitrogens with two attached hydrogens (primary N) is 1. The molecule has 2 unspecified atom stereocenters. The van der Waals surface area contributed by atoms with Crippen molar-refractivity contribution in [2.24, 2.45) is 11.1 Å². The molecule has 2 nitrogen and oxygen atoms in total. The summed E-state index contributed by atoms with van der Waals surface area (Å²) in [6, 6.07) is 10.5. The zero-order chi connectivity index (χ0) is 12.1. The summed E-state index contributed by atoms with van der Waals surface area (Å²) in [5.74, 6) is 0. The Morgan fingerprint density at radius 1 is 1.29 bits per heavy atom. The normalized spacial score (nSPS) is 28.5. The van der Waals surface area contributed by atoms with Crippen molar-refractivity contribution in [1.29, 1.82) is 0 Å². The fraction of sp³-hybridized carbons (Fsp3) is 0.600. The number of hydrogen-bond acceptors (Lipinski definition) is 2. The molecule has 3 N–H and O–H groups in total. The van der Waals surface area contributed by atoms with Crippen LogP contribution in [0.25, 0.3) is 0 Å². The molecule has 2 rings (SSSR count). The van der Waals surface area contributed by atoms with Gasteiger partial charge in [0, 0.05) is 12.0 Å². The summed E-state index contributed by atoms with van der Waals surface area (Å²) in [6.07, 6.45) is 6.25. The Balaban J connectivity index is 1.85. The molecule has 0 saturated heterocycles. The first-order valence-electron chi connectivity index (χ1n) is 6.69. The van der Waals surface area contributed by atoms with Crippen molar-refractivity contribution in [2.45, 2.75) is 44.6 Å². The van der Waals surface area contributed by atoms with Crippen LogP contribution in [0, 0.1) is 5.41 Å². The summed E-state index contributed by atoms with van der Waals surface area (Å²) in [6.45, 7) is 0.628. The number of aryl methyl sites for hydroxylation is 1. The molecule has 1 fully saturated rings. The summed E-state index contributed by atoms with van der Waals surface area (Å²) in [4.78, 5) is 0. The van der Waals surface area contributed by atoms with Crippen LogP contribution in [0.4, 0.5) is 0 Å². The van der Waals surface area contributed by atoms with Crippen LogP contribution >= 0.6 is 0 Å². The predicted octanol–water partition coefficient (Wildman–Crippen LogP) is 2.50. The molecule has 1 aliphatic carbocycles. The lowest BCUT2D eigenvalue weighted by Crippen LogP contribution is -2.37. The quantitative estimate of drug-likeness (QED) is 0.821. The van der Waals surface area contributed by atoms with E-state index >= 15 is 0 Å². The standard InChI is InChI=1S/C15H23NO/c16-12-15(11-5-9-14(15)17)10-4-8-13-6-2-1-3-7-13/h1-3,6-7,14,17H,4-5,8-12,16H2. The van der Waals surface area contributed by atoms with Gasteiger partial charge < -0.3 is 10.8 Å². The zero-order valence-electron chi connectivity index (χ0n) is 10.4. The van der Waals surface area contributed by atoms with E-state index in [0.29, 0.717) is 6.54 Å². The second kappa shape index (κ2) is 5.65. The summed E-state index contributed by atoms with van der Waals surface area (Å²) < 4.78 is 0. The molecule has 1 saturated carbocycles. The average molecular weight is 233 g/mol. The number of aliphatic hydroxyl groups excluding tert-OH is 1.